The quantitative estimate of drug-likeness (QED) is 0.703. The van der Waals surface area contributed by atoms with Gasteiger partial charge in [-0.25, -0.2) is 0 Å². The van der Waals surface area contributed by atoms with E-state index in [-0.39, 0.29) is 24.4 Å². The normalized spacial score (nSPS) is 10.5. The van der Waals surface area contributed by atoms with Crippen LogP contribution in [0.1, 0.15) is 31.1 Å². The minimum Gasteiger partial charge on any atom is -0.491 e. The molecule has 0 unspecified atom stereocenters. The van der Waals surface area contributed by atoms with Crippen molar-refractivity contribution in [3.05, 3.63) is 29.8 Å². The lowest BCUT2D eigenvalue weighted by Crippen LogP contribution is -2.42. The van der Waals surface area contributed by atoms with Gasteiger partial charge in [0.25, 0.3) is 5.91 Å². The van der Waals surface area contributed by atoms with Gasteiger partial charge in [-0.2, -0.15) is 0 Å². The highest BCUT2D eigenvalue weighted by atomic mass is 16.5. The molecule has 1 rings (SSSR count). The van der Waals surface area contributed by atoms with Crippen molar-refractivity contribution in [1.29, 1.82) is 0 Å². The second-order valence-corrected chi connectivity index (χ2v) is 5.41. The first-order valence-electron chi connectivity index (χ1n) is 7.78. The second-order valence-electron chi connectivity index (χ2n) is 5.41. The zero-order chi connectivity index (χ0) is 17.2. The molecule has 23 heavy (non-hydrogen) atoms. The zero-order valence-corrected chi connectivity index (χ0v) is 14.3. The first-order chi connectivity index (χ1) is 11.0. The molecule has 0 aliphatic carbocycles. The fourth-order valence-electron chi connectivity index (χ4n) is 2.01. The topological polar surface area (TPSA) is 67.9 Å². The molecule has 0 saturated carbocycles. The number of nitrogens with one attached hydrogen (secondary N) is 1. The highest BCUT2D eigenvalue weighted by Crippen LogP contribution is 2.15. The maximum atomic E-state index is 12.5. The Kier molecular flexibility index (Phi) is 8.11. The average Bonchev–Trinajstić information content (AvgIpc) is 2.52. The van der Waals surface area contributed by atoms with Crippen molar-refractivity contribution >= 4 is 11.8 Å². The van der Waals surface area contributed by atoms with Gasteiger partial charge < -0.3 is 19.7 Å². The molecule has 0 spiro atoms. The molecule has 1 aromatic rings. The van der Waals surface area contributed by atoms with E-state index in [0.29, 0.717) is 31.1 Å². The Balaban J connectivity index is 2.73. The van der Waals surface area contributed by atoms with Crippen LogP contribution >= 0.6 is 0 Å². The minimum atomic E-state index is -0.191. The Bertz CT molecular complexity index is 517. The predicted octanol–water partition coefficient (Wildman–Crippen LogP) is 1.70. The highest BCUT2D eigenvalue weighted by Gasteiger charge is 2.18. The van der Waals surface area contributed by atoms with Gasteiger partial charge in [-0.15, -0.1) is 0 Å². The van der Waals surface area contributed by atoms with Crippen LogP contribution in [-0.4, -0.2) is 56.2 Å². The summed E-state index contributed by atoms with van der Waals surface area (Å²) in [5.41, 5.74) is 0.499. The molecule has 1 N–H and O–H groups in total. The van der Waals surface area contributed by atoms with Gasteiger partial charge in [-0.1, -0.05) is 6.07 Å². The lowest BCUT2D eigenvalue weighted by molar-refractivity contribution is -0.122. The number of rotatable bonds is 9. The number of carbonyl (C=O) groups is 2. The van der Waals surface area contributed by atoms with Crippen molar-refractivity contribution in [3.8, 4) is 5.75 Å². The molecule has 0 radical (unpaired) electrons. The van der Waals surface area contributed by atoms with E-state index in [1.807, 2.05) is 20.8 Å². The summed E-state index contributed by atoms with van der Waals surface area (Å²) in [5.74, 6) is 0.252. The third kappa shape index (κ3) is 6.69. The van der Waals surface area contributed by atoms with E-state index in [2.05, 4.69) is 5.32 Å². The van der Waals surface area contributed by atoms with Crippen molar-refractivity contribution in [2.45, 2.75) is 26.8 Å². The number of methoxy groups -OCH3 is 1. The zero-order valence-electron chi connectivity index (χ0n) is 14.3. The van der Waals surface area contributed by atoms with E-state index < -0.39 is 0 Å². The molecule has 6 heteroatoms. The molecule has 0 aliphatic rings. The SMILES string of the molecule is CCN(CC(=O)NC(C)C)C(=O)c1cccc(OCCOC)c1. The molecule has 0 fully saturated rings. The first kappa shape index (κ1) is 19.0. The summed E-state index contributed by atoms with van der Waals surface area (Å²) in [6, 6.07) is 7.00. The van der Waals surface area contributed by atoms with Crippen molar-refractivity contribution in [2.75, 3.05) is 33.4 Å². The van der Waals surface area contributed by atoms with E-state index in [4.69, 9.17) is 9.47 Å². The Labute approximate surface area is 137 Å². The highest BCUT2D eigenvalue weighted by molar-refractivity contribution is 5.96. The number of hydrogen-bond donors (Lipinski definition) is 1. The number of nitrogens with zero attached hydrogens (tertiary/aromatic N) is 1. The molecule has 0 aromatic heterocycles. The van der Waals surface area contributed by atoms with Gasteiger partial charge in [0, 0.05) is 25.3 Å². The summed E-state index contributed by atoms with van der Waals surface area (Å²) >= 11 is 0. The lowest BCUT2D eigenvalue weighted by atomic mass is 10.2. The maximum absolute atomic E-state index is 12.5. The summed E-state index contributed by atoms with van der Waals surface area (Å²) in [7, 11) is 1.60. The van der Waals surface area contributed by atoms with Crippen molar-refractivity contribution < 1.29 is 19.1 Å². The molecular formula is C17H26N2O4. The first-order valence-corrected chi connectivity index (χ1v) is 7.78. The average molecular weight is 322 g/mol. The van der Waals surface area contributed by atoms with Gasteiger partial charge in [-0.05, 0) is 39.0 Å². The number of likely N-dealkylation sites (N-methyl/N-ethyl adjacent to an activating group) is 1. The Hall–Kier alpha value is -2.08. The van der Waals surface area contributed by atoms with Crippen LogP contribution in [0.15, 0.2) is 24.3 Å². The van der Waals surface area contributed by atoms with E-state index >= 15 is 0 Å². The van der Waals surface area contributed by atoms with Crippen LogP contribution in [0.2, 0.25) is 0 Å². The van der Waals surface area contributed by atoms with Crippen LogP contribution in [0.5, 0.6) is 5.75 Å². The van der Waals surface area contributed by atoms with Crippen LogP contribution in [0, 0.1) is 0 Å². The van der Waals surface area contributed by atoms with Crippen LogP contribution in [0.4, 0.5) is 0 Å². The van der Waals surface area contributed by atoms with Gasteiger partial charge >= 0.3 is 0 Å². The van der Waals surface area contributed by atoms with Crippen LogP contribution in [0.25, 0.3) is 0 Å². The fourth-order valence-corrected chi connectivity index (χ4v) is 2.01. The molecule has 0 bridgehead atoms. The van der Waals surface area contributed by atoms with Gasteiger partial charge in [0.15, 0.2) is 0 Å². The second kappa shape index (κ2) is 9.84. The smallest absolute Gasteiger partial charge is 0.254 e. The van der Waals surface area contributed by atoms with Crippen molar-refractivity contribution in [1.82, 2.24) is 10.2 Å². The molecule has 2 amide bonds. The molecule has 0 atom stereocenters. The summed E-state index contributed by atoms with van der Waals surface area (Å²) in [5, 5.41) is 2.79. The minimum absolute atomic E-state index is 0.0439. The lowest BCUT2D eigenvalue weighted by Gasteiger charge is -2.21. The van der Waals surface area contributed by atoms with Crippen LogP contribution < -0.4 is 10.1 Å². The number of hydrogen-bond acceptors (Lipinski definition) is 4. The van der Waals surface area contributed by atoms with Crippen LogP contribution in [0.3, 0.4) is 0 Å². The number of benzene rings is 1. The maximum Gasteiger partial charge on any atom is 0.254 e. The fraction of sp³-hybridized carbons (Fsp3) is 0.529. The van der Waals surface area contributed by atoms with Gasteiger partial charge in [-0.3, -0.25) is 9.59 Å². The van der Waals surface area contributed by atoms with Crippen LogP contribution in [-0.2, 0) is 9.53 Å². The molecule has 1 aromatic carbocycles. The van der Waals surface area contributed by atoms with Gasteiger partial charge in [0.05, 0.1) is 13.2 Å². The summed E-state index contributed by atoms with van der Waals surface area (Å²) in [6.07, 6.45) is 0. The van der Waals surface area contributed by atoms with E-state index in [1.165, 1.54) is 4.90 Å². The van der Waals surface area contributed by atoms with Gasteiger partial charge in [0.2, 0.25) is 5.91 Å². The largest absolute Gasteiger partial charge is 0.491 e. The molecule has 0 saturated heterocycles. The number of ether oxygens (including phenoxy) is 2. The third-order valence-corrected chi connectivity index (χ3v) is 3.09. The predicted molar refractivity (Wildman–Crippen MR) is 88.7 cm³/mol. The monoisotopic (exact) mass is 322 g/mol. The molecular weight excluding hydrogens is 296 g/mol. The van der Waals surface area contributed by atoms with E-state index in [1.54, 1.807) is 31.4 Å². The Morgan fingerprint density at radius 2 is 2.00 bits per heavy atom. The van der Waals surface area contributed by atoms with Crippen molar-refractivity contribution in [3.63, 3.8) is 0 Å². The van der Waals surface area contributed by atoms with Gasteiger partial charge in [0.1, 0.15) is 12.4 Å². The number of amides is 2. The number of carbonyl (C=O) groups excluding carboxylic acids is 2. The summed E-state index contributed by atoms with van der Waals surface area (Å²) in [6.45, 7) is 7.02. The summed E-state index contributed by atoms with van der Waals surface area (Å²) < 4.78 is 10.4. The van der Waals surface area contributed by atoms with E-state index in [0.717, 1.165) is 0 Å². The van der Waals surface area contributed by atoms with Crippen molar-refractivity contribution in [2.24, 2.45) is 0 Å². The molecule has 0 aliphatic heterocycles. The Morgan fingerprint density at radius 3 is 2.61 bits per heavy atom. The summed E-state index contributed by atoms with van der Waals surface area (Å²) in [4.78, 5) is 25.9. The van der Waals surface area contributed by atoms with E-state index in [9.17, 15) is 9.59 Å². The standard InChI is InChI=1S/C17H26N2O4/c1-5-19(12-16(20)18-13(2)3)17(21)14-7-6-8-15(11-14)23-10-9-22-4/h6-8,11,13H,5,9-10,12H2,1-4H3,(H,18,20). The molecule has 128 valence electrons. The Morgan fingerprint density at radius 1 is 1.26 bits per heavy atom. The third-order valence-electron chi connectivity index (χ3n) is 3.09. The molecule has 0 heterocycles. The molecule has 6 nitrogen and oxygen atoms in total.